The molecular formula is C20H23N3O6. The molecule has 2 rings (SSSR count). The lowest BCUT2D eigenvalue weighted by atomic mass is 10.0. The van der Waals surface area contributed by atoms with Crippen LogP contribution in [0, 0.1) is 5.92 Å². The number of benzene rings is 1. The van der Waals surface area contributed by atoms with Crippen molar-refractivity contribution >= 4 is 29.4 Å². The number of hydrogen-bond acceptors (Lipinski definition) is 6. The van der Waals surface area contributed by atoms with Gasteiger partial charge in [-0.3, -0.25) is 19.2 Å². The molecule has 9 nitrogen and oxygen atoms in total. The van der Waals surface area contributed by atoms with Crippen molar-refractivity contribution in [1.82, 2.24) is 10.6 Å². The fourth-order valence-electron chi connectivity index (χ4n) is 2.41. The van der Waals surface area contributed by atoms with Crippen molar-refractivity contribution in [3.8, 4) is 0 Å². The summed E-state index contributed by atoms with van der Waals surface area (Å²) in [7, 11) is 1.23. The minimum Gasteiger partial charge on any atom is -0.468 e. The van der Waals surface area contributed by atoms with Crippen LogP contribution in [0.5, 0.6) is 0 Å². The smallest absolute Gasteiger partial charge is 0.325 e. The minimum atomic E-state index is -0.782. The first-order chi connectivity index (χ1) is 13.8. The number of nitrogens with one attached hydrogen (secondary N) is 3. The largest absolute Gasteiger partial charge is 0.468 e. The molecule has 0 saturated carbocycles. The van der Waals surface area contributed by atoms with Gasteiger partial charge in [-0.15, -0.1) is 0 Å². The number of anilines is 1. The van der Waals surface area contributed by atoms with E-state index in [1.165, 1.54) is 31.6 Å². The van der Waals surface area contributed by atoms with Gasteiger partial charge in [0.1, 0.15) is 12.6 Å². The summed E-state index contributed by atoms with van der Waals surface area (Å²) < 4.78 is 9.50. The molecule has 0 spiro atoms. The molecule has 1 unspecified atom stereocenters. The van der Waals surface area contributed by atoms with Crippen molar-refractivity contribution in [1.29, 1.82) is 0 Å². The first-order valence-electron chi connectivity index (χ1n) is 8.92. The number of ether oxygens (including phenoxy) is 1. The van der Waals surface area contributed by atoms with Gasteiger partial charge in [0.05, 0.1) is 13.4 Å². The Kier molecular flexibility index (Phi) is 7.53. The number of furan rings is 1. The van der Waals surface area contributed by atoms with Crippen LogP contribution in [0.4, 0.5) is 5.69 Å². The van der Waals surface area contributed by atoms with Crippen LogP contribution in [0.25, 0.3) is 0 Å². The maximum atomic E-state index is 12.6. The Bertz CT molecular complexity index is 859. The molecule has 0 saturated heterocycles. The second-order valence-electron chi connectivity index (χ2n) is 6.50. The Morgan fingerprint density at radius 3 is 2.28 bits per heavy atom. The molecule has 1 aromatic carbocycles. The van der Waals surface area contributed by atoms with E-state index in [9.17, 15) is 19.2 Å². The predicted octanol–water partition coefficient (Wildman–Crippen LogP) is 1.58. The summed E-state index contributed by atoms with van der Waals surface area (Å²) in [5.74, 6) is -1.94. The summed E-state index contributed by atoms with van der Waals surface area (Å²) >= 11 is 0. The van der Waals surface area contributed by atoms with E-state index in [4.69, 9.17) is 4.42 Å². The first-order valence-corrected chi connectivity index (χ1v) is 8.92. The molecule has 3 amide bonds. The normalized spacial score (nSPS) is 11.4. The lowest BCUT2D eigenvalue weighted by molar-refractivity contribution is -0.139. The quantitative estimate of drug-likeness (QED) is 0.577. The monoisotopic (exact) mass is 401 g/mol. The summed E-state index contributed by atoms with van der Waals surface area (Å²) in [5, 5.41) is 7.78. The third-order valence-electron chi connectivity index (χ3n) is 4.02. The highest BCUT2D eigenvalue weighted by molar-refractivity contribution is 6.01. The van der Waals surface area contributed by atoms with Gasteiger partial charge in [0.2, 0.25) is 5.91 Å². The molecule has 1 heterocycles. The van der Waals surface area contributed by atoms with Crippen molar-refractivity contribution in [2.75, 3.05) is 19.0 Å². The molecule has 9 heteroatoms. The van der Waals surface area contributed by atoms with Crippen molar-refractivity contribution in [3.05, 3.63) is 54.0 Å². The van der Waals surface area contributed by atoms with Crippen molar-refractivity contribution in [2.45, 2.75) is 19.9 Å². The highest BCUT2D eigenvalue weighted by atomic mass is 16.5. The van der Waals surface area contributed by atoms with Gasteiger partial charge < -0.3 is 25.1 Å². The van der Waals surface area contributed by atoms with Gasteiger partial charge in [0.25, 0.3) is 11.8 Å². The Hall–Kier alpha value is -3.62. The molecule has 0 bridgehead atoms. The van der Waals surface area contributed by atoms with Gasteiger partial charge in [-0.05, 0) is 42.3 Å². The highest BCUT2D eigenvalue weighted by Crippen LogP contribution is 2.13. The number of methoxy groups -OCH3 is 1. The zero-order chi connectivity index (χ0) is 21.4. The molecule has 1 aromatic heterocycles. The number of carbonyl (C=O) groups is 4. The summed E-state index contributed by atoms with van der Waals surface area (Å²) in [6.07, 6.45) is 1.38. The predicted molar refractivity (Wildman–Crippen MR) is 104 cm³/mol. The molecular weight excluding hydrogens is 378 g/mol. The minimum absolute atomic E-state index is 0.116. The third kappa shape index (κ3) is 6.20. The number of hydrogen-bond donors (Lipinski definition) is 3. The van der Waals surface area contributed by atoms with E-state index in [1.807, 2.05) is 0 Å². The van der Waals surface area contributed by atoms with Crippen molar-refractivity contribution in [3.63, 3.8) is 0 Å². The van der Waals surface area contributed by atoms with E-state index in [1.54, 1.807) is 32.0 Å². The number of amides is 3. The average Bonchev–Trinajstić information content (AvgIpc) is 3.25. The van der Waals surface area contributed by atoms with Gasteiger partial charge in [-0.1, -0.05) is 13.8 Å². The van der Waals surface area contributed by atoms with Gasteiger partial charge >= 0.3 is 5.97 Å². The second kappa shape index (κ2) is 10.1. The molecule has 2 aromatic rings. The lowest BCUT2D eigenvalue weighted by Gasteiger charge is -2.21. The van der Waals surface area contributed by atoms with Crippen LogP contribution in [0.15, 0.2) is 47.1 Å². The summed E-state index contributed by atoms with van der Waals surface area (Å²) in [5.41, 5.74) is 0.774. The Balaban J connectivity index is 1.98. The molecule has 0 fully saturated rings. The van der Waals surface area contributed by atoms with Gasteiger partial charge in [-0.2, -0.15) is 0 Å². The summed E-state index contributed by atoms with van der Waals surface area (Å²) in [6.45, 7) is 3.38. The molecule has 1 atom stereocenters. The van der Waals surface area contributed by atoms with E-state index in [2.05, 4.69) is 20.7 Å². The Morgan fingerprint density at radius 1 is 1.03 bits per heavy atom. The van der Waals surface area contributed by atoms with Crippen LogP contribution < -0.4 is 16.0 Å². The summed E-state index contributed by atoms with van der Waals surface area (Å²) in [6, 6.07) is 8.43. The fourth-order valence-corrected chi connectivity index (χ4v) is 2.41. The summed E-state index contributed by atoms with van der Waals surface area (Å²) in [4.78, 5) is 47.8. The lowest BCUT2D eigenvalue weighted by Crippen LogP contribution is -2.47. The van der Waals surface area contributed by atoms with Crippen LogP contribution in [-0.2, 0) is 14.3 Å². The Labute approximate surface area is 167 Å². The fraction of sp³-hybridized carbons (Fsp3) is 0.300. The highest BCUT2D eigenvalue weighted by Gasteiger charge is 2.25. The standard InChI is InChI=1S/C20H23N3O6/c1-12(2)17(23-19(26)15-5-4-10-29-15)20(27)22-14-8-6-13(7-9-14)18(25)21-11-16(24)28-3/h4-10,12,17H,11H2,1-3H3,(H,21,25)(H,22,27)(H,23,26). The van der Waals surface area contributed by atoms with E-state index in [0.29, 0.717) is 11.3 Å². The van der Waals surface area contributed by atoms with E-state index >= 15 is 0 Å². The number of rotatable bonds is 8. The first kappa shape index (κ1) is 21.7. The zero-order valence-corrected chi connectivity index (χ0v) is 16.4. The van der Waals surface area contributed by atoms with Crippen LogP contribution >= 0.6 is 0 Å². The van der Waals surface area contributed by atoms with E-state index in [-0.39, 0.29) is 18.2 Å². The van der Waals surface area contributed by atoms with E-state index in [0.717, 1.165) is 0 Å². The van der Waals surface area contributed by atoms with Gasteiger partial charge in [-0.25, -0.2) is 0 Å². The van der Waals surface area contributed by atoms with Crippen molar-refractivity contribution < 1.29 is 28.3 Å². The molecule has 3 N–H and O–H groups in total. The van der Waals surface area contributed by atoms with Gasteiger partial charge in [0.15, 0.2) is 5.76 Å². The molecule has 29 heavy (non-hydrogen) atoms. The van der Waals surface area contributed by atoms with Crippen LogP contribution in [0.1, 0.15) is 34.8 Å². The number of carbonyl (C=O) groups excluding carboxylic acids is 4. The SMILES string of the molecule is COC(=O)CNC(=O)c1ccc(NC(=O)C(NC(=O)c2ccco2)C(C)C)cc1. The molecule has 0 radical (unpaired) electrons. The number of esters is 1. The van der Waals surface area contributed by atoms with Crippen LogP contribution in [0.2, 0.25) is 0 Å². The molecule has 0 aliphatic carbocycles. The van der Waals surface area contributed by atoms with Gasteiger partial charge in [0, 0.05) is 11.3 Å². The Morgan fingerprint density at radius 2 is 1.72 bits per heavy atom. The molecule has 154 valence electrons. The molecule has 0 aliphatic heterocycles. The van der Waals surface area contributed by atoms with Crippen LogP contribution in [0.3, 0.4) is 0 Å². The maximum Gasteiger partial charge on any atom is 0.325 e. The maximum absolute atomic E-state index is 12.6. The van der Waals surface area contributed by atoms with E-state index < -0.39 is 29.7 Å². The van der Waals surface area contributed by atoms with Crippen LogP contribution in [-0.4, -0.2) is 43.4 Å². The topological polar surface area (TPSA) is 127 Å². The molecule has 0 aliphatic rings. The third-order valence-corrected chi connectivity index (χ3v) is 4.02. The average molecular weight is 401 g/mol. The zero-order valence-electron chi connectivity index (χ0n) is 16.4. The van der Waals surface area contributed by atoms with Crippen molar-refractivity contribution in [2.24, 2.45) is 5.92 Å². The second-order valence-corrected chi connectivity index (χ2v) is 6.50.